The molecule has 1 saturated heterocycles. The number of fused-ring (bicyclic) bond motifs is 1. The van der Waals surface area contributed by atoms with Crippen molar-refractivity contribution in [3.05, 3.63) is 57.3 Å². The Morgan fingerprint density at radius 3 is 2.50 bits per heavy atom. The van der Waals surface area contributed by atoms with Crippen LogP contribution in [0.25, 0.3) is 0 Å². The summed E-state index contributed by atoms with van der Waals surface area (Å²) in [4.78, 5) is 34.4. The van der Waals surface area contributed by atoms with Gasteiger partial charge in [-0.1, -0.05) is 49.1 Å². The van der Waals surface area contributed by atoms with Crippen LogP contribution in [0.15, 0.2) is 35.7 Å². The van der Waals surface area contributed by atoms with E-state index in [1.807, 2.05) is 21.1 Å². The predicted molar refractivity (Wildman–Crippen MR) is 137 cm³/mol. The summed E-state index contributed by atoms with van der Waals surface area (Å²) >= 11 is 1.83. The SMILES string of the molecule is Cc1ccc(C2c3ccsc3CCN2CC(=O)N2CCN(C(=O)C3CCCCC3)C(C)C2)cc1. The van der Waals surface area contributed by atoms with Crippen LogP contribution in [0, 0.1) is 12.8 Å². The molecule has 5 nitrogen and oxygen atoms in total. The number of piperazine rings is 1. The number of carbonyl (C=O) groups is 2. The topological polar surface area (TPSA) is 43.9 Å². The predicted octanol–water partition coefficient (Wildman–Crippen LogP) is 4.64. The van der Waals surface area contributed by atoms with Crippen molar-refractivity contribution in [2.45, 2.75) is 64.5 Å². The third-order valence-corrected chi connectivity index (χ3v) is 9.01. The Morgan fingerprint density at radius 2 is 1.76 bits per heavy atom. The highest BCUT2D eigenvalue weighted by atomic mass is 32.1. The van der Waals surface area contributed by atoms with Gasteiger partial charge in [0.25, 0.3) is 0 Å². The number of nitrogens with zero attached hydrogens (tertiary/aromatic N) is 3. The molecule has 182 valence electrons. The zero-order chi connectivity index (χ0) is 23.7. The number of hydrogen-bond donors (Lipinski definition) is 0. The maximum absolute atomic E-state index is 13.5. The van der Waals surface area contributed by atoms with E-state index in [9.17, 15) is 9.59 Å². The second kappa shape index (κ2) is 10.2. The molecule has 2 atom stereocenters. The van der Waals surface area contributed by atoms with E-state index in [0.717, 1.165) is 25.8 Å². The number of hydrogen-bond acceptors (Lipinski definition) is 4. The Labute approximate surface area is 207 Å². The zero-order valence-electron chi connectivity index (χ0n) is 20.5. The average Bonchev–Trinajstić information content (AvgIpc) is 3.33. The lowest BCUT2D eigenvalue weighted by Crippen LogP contribution is -2.58. The fraction of sp³-hybridized carbons (Fsp3) is 0.571. The molecular weight excluding hydrogens is 442 g/mol. The average molecular weight is 480 g/mol. The van der Waals surface area contributed by atoms with Gasteiger partial charge in [-0.2, -0.15) is 0 Å². The van der Waals surface area contributed by atoms with Gasteiger partial charge in [0.1, 0.15) is 0 Å². The van der Waals surface area contributed by atoms with Crippen molar-refractivity contribution in [1.82, 2.24) is 14.7 Å². The standard InChI is InChI=1S/C28H37N3O2S/c1-20-8-10-22(11-9-20)27-24-13-17-34-25(24)12-14-30(27)19-26(32)29-15-16-31(21(2)18-29)28(33)23-6-4-3-5-7-23/h8-11,13,17,21,23,27H,3-7,12,14-16,18-19H2,1-2H3. The smallest absolute Gasteiger partial charge is 0.236 e. The van der Waals surface area contributed by atoms with E-state index >= 15 is 0 Å². The first kappa shape index (κ1) is 23.6. The lowest BCUT2D eigenvalue weighted by molar-refractivity contribution is -0.146. The van der Waals surface area contributed by atoms with Crippen molar-refractivity contribution in [2.24, 2.45) is 5.92 Å². The Balaban J connectivity index is 1.25. The molecule has 3 heterocycles. The lowest BCUT2D eigenvalue weighted by atomic mass is 9.88. The summed E-state index contributed by atoms with van der Waals surface area (Å²) in [5, 5.41) is 2.18. The minimum Gasteiger partial charge on any atom is -0.338 e. The number of amides is 2. The van der Waals surface area contributed by atoms with Crippen LogP contribution in [-0.2, 0) is 16.0 Å². The molecule has 2 aliphatic heterocycles. The van der Waals surface area contributed by atoms with Crippen LogP contribution in [0.3, 0.4) is 0 Å². The van der Waals surface area contributed by atoms with Crippen LogP contribution >= 0.6 is 11.3 Å². The van der Waals surface area contributed by atoms with E-state index in [4.69, 9.17) is 0 Å². The van der Waals surface area contributed by atoms with Gasteiger partial charge in [0.15, 0.2) is 0 Å². The number of rotatable bonds is 4. The normalized spacial score (nSPS) is 24.2. The minimum atomic E-state index is 0.0878. The number of carbonyl (C=O) groups excluding carboxylic acids is 2. The lowest BCUT2D eigenvalue weighted by Gasteiger charge is -2.43. The first-order chi connectivity index (χ1) is 16.5. The molecule has 1 aromatic carbocycles. The van der Waals surface area contributed by atoms with Crippen molar-refractivity contribution < 1.29 is 9.59 Å². The molecule has 0 spiro atoms. The van der Waals surface area contributed by atoms with E-state index in [1.165, 1.54) is 40.8 Å². The molecule has 1 aromatic heterocycles. The van der Waals surface area contributed by atoms with Gasteiger partial charge in [0, 0.05) is 43.0 Å². The van der Waals surface area contributed by atoms with E-state index in [1.54, 1.807) is 0 Å². The van der Waals surface area contributed by atoms with Gasteiger partial charge < -0.3 is 9.80 Å². The highest BCUT2D eigenvalue weighted by Gasteiger charge is 2.36. The van der Waals surface area contributed by atoms with Gasteiger partial charge >= 0.3 is 0 Å². The second-order valence-electron chi connectivity index (χ2n) is 10.4. The first-order valence-corrected chi connectivity index (χ1v) is 13.8. The van der Waals surface area contributed by atoms with E-state index in [0.29, 0.717) is 32.1 Å². The minimum absolute atomic E-state index is 0.0878. The summed E-state index contributed by atoms with van der Waals surface area (Å²) in [7, 11) is 0. The second-order valence-corrected chi connectivity index (χ2v) is 11.4. The van der Waals surface area contributed by atoms with Gasteiger partial charge in [0.2, 0.25) is 11.8 Å². The molecule has 0 radical (unpaired) electrons. The van der Waals surface area contributed by atoms with Gasteiger partial charge in [-0.05, 0) is 55.7 Å². The number of benzene rings is 1. The molecule has 5 rings (SSSR count). The van der Waals surface area contributed by atoms with E-state index < -0.39 is 0 Å². The van der Waals surface area contributed by atoms with Crippen molar-refractivity contribution in [3.63, 3.8) is 0 Å². The summed E-state index contributed by atoms with van der Waals surface area (Å²) in [5.74, 6) is 0.703. The van der Waals surface area contributed by atoms with Crippen LogP contribution in [0.2, 0.25) is 0 Å². The van der Waals surface area contributed by atoms with Crippen molar-refractivity contribution in [2.75, 3.05) is 32.7 Å². The molecule has 2 aromatic rings. The summed E-state index contributed by atoms with van der Waals surface area (Å²) in [6, 6.07) is 11.2. The third-order valence-electron chi connectivity index (χ3n) is 8.01. The van der Waals surface area contributed by atoms with Gasteiger partial charge in [0.05, 0.1) is 12.6 Å². The molecule has 1 aliphatic carbocycles. The molecule has 2 fully saturated rings. The van der Waals surface area contributed by atoms with E-state index in [-0.39, 0.29) is 23.9 Å². The molecule has 0 bridgehead atoms. The molecule has 3 aliphatic rings. The summed E-state index contributed by atoms with van der Waals surface area (Å²) in [5.41, 5.74) is 3.86. The fourth-order valence-electron chi connectivity index (χ4n) is 6.05. The van der Waals surface area contributed by atoms with Crippen LogP contribution in [0.5, 0.6) is 0 Å². The number of aryl methyl sites for hydroxylation is 1. The van der Waals surface area contributed by atoms with Gasteiger partial charge in [-0.3, -0.25) is 14.5 Å². The zero-order valence-corrected chi connectivity index (χ0v) is 21.4. The molecule has 6 heteroatoms. The summed E-state index contributed by atoms with van der Waals surface area (Å²) < 4.78 is 0. The van der Waals surface area contributed by atoms with E-state index in [2.05, 4.69) is 54.5 Å². The van der Waals surface area contributed by atoms with Crippen molar-refractivity contribution in [1.29, 1.82) is 0 Å². The van der Waals surface area contributed by atoms with Crippen LogP contribution in [0.1, 0.15) is 66.6 Å². The maximum Gasteiger partial charge on any atom is 0.236 e. The molecule has 1 saturated carbocycles. The highest BCUT2D eigenvalue weighted by molar-refractivity contribution is 7.10. The molecule has 0 N–H and O–H groups in total. The summed E-state index contributed by atoms with van der Waals surface area (Å²) in [6.07, 6.45) is 6.67. The fourth-order valence-corrected chi connectivity index (χ4v) is 6.95. The van der Waals surface area contributed by atoms with Crippen molar-refractivity contribution >= 4 is 23.2 Å². The molecular formula is C28H37N3O2S. The quantitative estimate of drug-likeness (QED) is 0.642. The third kappa shape index (κ3) is 4.80. The maximum atomic E-state index is 13.5. The highest BCUT2D eigenvalue weighted by Crippen LogP contribution is 2.38. The Bertz CT molecular complexity index is 1010. The molecule has 2 amide bonds. The monoisotopic (exact) mass is 479 g/mol. The Hall–Kier alpha value is -2.18. The molecule has 34 heavy (non-hydrogen) atoms. The van der Waals surface area contributed by atoms with Crippen LogP contribution in [0.4, 0.5) is 0 Å². The van der Waals surface area contributed by atoms with Gasteiger partial charge in [-0.25, -0.2) is 0 Å². The van der Waals surface area contributed by atoms with Gasteiger partial charge in [-0.15, -0.1) is 11.3 Å². The molecule has 2 unspecified atom stereocenters. The largest absolute Gasteiger partial charge is 0.338 e. The van der Waals surface area contributed by atoms with Crippen LogP contribution in [-0.4, -0.2) is 65.3 Å². The summed E-state index contributed by atoms with van der Waals surface area (Å²) in [6.45, 7) is 7.50. The Morgan fingerprint density at radius 1 is 1.00 bits per heavy atom. The Kier molecular flexibility index (Phi) is 7.07. The first-order valence-electron chi connectivity index (χ1n) is 13.0. The number of thiophene rings is 1. The van der Waals surface area contributed by atoms with Crippen molar-refractivity contribution in [3.8, 4) is 0 Å². The van der Waals surface area contributed by atoms with Crippen LogP contribution < -0.4 is 0 Å².